The van der Waals surface area contributed by atoms with Crippen molar-refractivity contribution in [1.29, 1.82) is 0 Å². The molecule has 3 aromatic rings. The zero-order chi connectivity index (χ0) is 18.3. The molecule has 1 amide bonds. The van der Waals surface area contributed by atoms with Crippen LogP contribution in [0.2, 0.25) is 0 Å². The Morgan fingerprint density at radius 2 is 1.96 bits per heavy atom. The van der Waals surface area contributed by atoms with E-state index in [-0.39, 0.29) is 11.9 Å². The summed E-state index contributed by atoms with van der Waals surface area (Å²) in [4.78, 5) is 19.4. The van der Waals surface area contributed by atoms with E-state index in [4.69, 9.17) is 0 Å². The molecule has 26 heavy (non-hydrogen) atoms. The van der Waals surface area contributed by atoms with Crippen LogP contribution in [0, 0.1) is 13.8 Å². The molecule has 1 atom stereocenters. The summed E-state index contributed by atoms with van der Waals surface area (Å²) in [6.07, 6.45) is 2.55. The van der Waals surface area contributed by atoms with E-state index in [1.165, 1.54) is 11.1 Å². The Hall–Kier alpha value is -2.95. The molecule has 0 saturated carbocycles. The lowest BCUT2D eigenvalue weighted by atomic mass is 9.93. The highest BCUT2D eigenvalue weighted by molar-refractivity contribution is 5.94. The minimum atomic E-state index is 0.0272. The van der Waals surface area contributed by atoms with Crippen molar-refractivity contribution in [2.75, 3.05) is 6.54 Å². The van der Waals surface area contributed by atoms with E-state index in [0.717, 1.165) is 30.2 Å². The van der Waals surface area contributed by atoms with Crippen molar-refractivity contribution >= 4 is 5.91 Å². The molecule has 0 spiro atoms. The van der Waals surface area contributed by atoms with Crippen molar-refractivity contribution in [3.05, 3.63) is 76.7 Å². The number of aromatic nitrogens is 3. The predicted octanol–water partition coefficient (Wildman–Crippen LogP) is 3.64. The van der Waals surface area contributed by atoms with Gasteiger partial charge in [-0.2, -0.15) is 5.10 Å². The van der Waals surface area contributed by atoms with Crippen molar-refractivity contribution < 1.29 is 4.79 Å². The first-order chi connectivity index (χ1) is 12.5. The summed E-state index contributed by atoms with van der Waals surface area (Å²) in [5.41, 5.74) is 5.16. The molecule has 2 aromatic heterocycles. The Bertz CT molecular complexity index is 958. The smallest absolute Gasteiger partial charge is 0.255 e. The number of rotatable bonds is 2. The first-order valence-electron chi connectivity index (χ1n) is 8.93. The van der Waals surface area contributed by atoms with E-state index < -0.39 is 0 Å². The highest BCUT2D eigenvalue weighted by Crippen LogP contribution is 2.30. The minimum Gasteiger partial charge on any atom is -0.331 e. The zero-order valence-corrected chi connectivity index (χ0v) is 15.3. The Morgan fingerprint density at radius 1 is 1.15 bits per heavy atom. The lowest BCUT2D eigenvalue weighted by Gasteiger charge is -2.35. The Morgan fingerprint density at radius 3 is 2.65 bits per heavy atom. The van der Waals surface area contributed by atoms with Crippen LogP contribution in [0.4, 0.5) is 0 Å². The third kappa shape index (κ3) is 2.79. The zero-order valence-electron chi connectivity index (χ0n) is 15.3. The molecule has 1 aromatic carbocycles. The number of amides is 1. The Labute approximate surface area is 153 Å². The summed E-state index contributed by atoms with van der Waals surface area (Å²) in [5, 5.41) is 4.44. The summed E-state index contributed by atoms with van der Waals surface area (Å²) in [7, 11) is 0. The van der Waals surface area contributed by atoms with E-state index in [9.17, 15) is 4.79 Å². The van der Waals surface area contributed by atoms with Crippen molar-refractivity contribution in [1.82, 2.24) is 19.7 Å². The van der Waals surface area contributed by atoms with Gasteiger partial charge in [0.15, 0.2) is 5.82 Å². The fraction of sp³-hybridized carbons (Fsp3) is 0.286. The van der Waals surface area contributed by atoms with Gasteiger partial charge >= 0.3 is 0 Å². The molecule has 5 nitrogen and oxygen atoms in total. The van der Waals surface area contributed by atoms with Crippen LogP contribution in [0.25, 0.3) is 5.82 Å². The average molecular weight is 346 g/mol. The molecule has 0 radical (unpaired) electrons. The number of aryl methyl sites for hydroxylation is 2. The molecule has 1 unspecified atom stereocenters. The number of nitrogens with zero attached hydrogens (tertiary/aromatic N) is 4. The first-order valence-corrected chi connectivity index (χ1v) is 8.93. The van der Waals surface area contributed by atoms with Gasteiger partial charge in [0.25, 0.3) is 5.91 Å². The summed E-state index contributed by atoms with van der Waals surface area (Å²) < 4.78 is 1.79. The van der Waals surface area contributed by atoms with Gasteiger partial charge in [-0.3, -0.25) is 4.79 Å². The second kappa shape index (κ2) is 6.41. The molecular weight excluding hydrogens is 324 g/mol. The van der Waals surface area contributed by atoms with Gasteiger partial charge in [-0.1, -0.05) is 24.3 Å². The monoisotopic (exact) mass is 346 g/mol. The first kappa shape index (κ1) is 16.5. The van der Waals surface area contributed by atoms with Crippen LogP contribution in [-0.2, 0) is 6.42 Å². The van der Waals surface area contributed by atoms with Gasteiger partial charge in [-0.05, 0) is 56.5 Å². The summed E-state index contributed by atoms with van der Waals surface area (Å²) in [5.74, 6) is 0.753. The van der Waals surface area contributed by atoms with Gasteiger partial charge in [-0.25, -0.2) is 9.67 Å². The topological polar surface area (TPSA) is 51.0 Å². The quantitative estimate of drug-likeness (QED) is 0.712. The van der Waals surface area contributed by atoms with Crippen LogP contribution < -0.4 is 0 Å². The minimum absolute atomic E-state index is 0.0272. The number of carbonyl (C=O) groups is 1. The molecule has 3 heterocycles. The van der Waals surface area contributed by atoms with E-state index in [2.05, 4.69) is 35.2 Å². The molecule has 1 aliphatic heterocycles. The van der Waals surface area contributed by atoms with Crippen molar-refractivity contribution in [2.24, 2.45) is 0 Å². The van der Waals surface area contributed by atoms with Gasteiger partial charge < -0.3 is 4.90 Å². The molecular formula is C21H22N4O. The molecule has 5 heteroatoms. The highest BCUT2D eigenvalue weighted by Gasteiger charge is 2.28. The molecule has 0 fully saturated rings. The van der Waals surface area contributed by atoms with Crippen LogP contribution in [0.15, 0.2) is 48.7 Å². The summed E-state index contributed by atoms with van der Waals surface area (Å²) in [6, 6.07) is 14.1. The van der Waals surface area contributed by atoms with E-state index in [1.54, 1.807) is 10.9 Å². The Balaban J connectivity index is 1.58. The second-order valence-electron chi connectivity index (χ2n) is 6.87. The number of pyridine rings is 1. The van der Waals surface area contributed by atoms with Gasteiger partial charge in [0.2, 0.25) is 0 Å². The van der Waals surface area contributed by atoms with Crippen molar-refractivity contribution in [3.8, 4) is 5.82 Å². The van der Waals surface area contributed by atoms with Crippen LogP contribution in [-0.4, -0.2) is 32.1 Å². The van der Waals surface area contributed by atoms with Gasteiger partial charge in [-0.15, -0.1) is 0 Å². The molecule has 0 N–H and O–H groups in total. The number of fused-ring (bicyclic) bond motifs is 1. The summed E-state index contributed by atoms with van der Waals surface area (Å²) in [6.45, 7) is 6.77. The molecule has 4 rings (SSSR count). The van der Waals surface area contributed by atoms with Crippen LogP contribution in [0.5, 0.6) is 0 Å². The predicted molar refractivity (Wildman–Crippen MR) is 100 cm³/mol. The van der Waals surface area contributed by atoms with Crippen molar-refractivity contribution in [3.63, 3.8) is 0 Å². The SMILES string of the molecule is Cc1cc(C)n(-c2ccc(C(=O)N3CCc4ccccc4C3C)cn2)n1. The van der Waals surface area contributed by atoms with E-state index >= 15 is 0 Å². The maximum atomic E-state index is 13.0. The van der Waals surface area contributed by atoms with Gasteiger partial charge in [0.05, 0.1) is 17.3 Å². The third-order valence-electron chi connectivity index (χ3n) is 5.08. The number of hydrogen-bond donors (Lipinski definition) is 0. The lowest BCUT2D eigenvalue weighted by molar-refractivity contribution is 0.0677. The number of carbonyl (C=O) groups excluding carboxylic acids is 1. The second-order valence-corrected chi connectivity index (χ2v) is 6.87. The molecule has 0 aliphatic carbocycles. The standard InChI is InChI=1S/C21H22N4O/c1-14-12-15(2)25(23-14)20-9-8-18(13-22-20)21(26)24-11-10-17-6-4-5-7-19(17)16(24)3/h4-9,12-13,16H,10-11H2,1-3H3. The number of hydrogen-bond acceptors (Lipinski definition) is 3. The lowest BCUT2D eigenvalue weighted by Crippen LogP contribution is -2.38. The van der Waals surface area contributed by atoms with E-state index in [0.29, 0.717) is 5.56 Å². The van der Waals surface area contributed by atoms with Crippen LogP contribution in [0.1, 0.15) is 45.8 Å². The molecule has 0 saturated heterocycles. The molecule has 132 valence electrons. The highest BCUT2D eigenvalue weighted by atomic mass is 16.2. The molecule has 1 aliphatic rings. The van der Waals surface area contributed by atoms with E-state index in [1.807, 2.05) is 43.0 Å². The fourth-order valence-electron chi connectivity index (χ4n) is 3.71. The third-order valence-corrected chi connectivity index (χ3v) is 5.08. The largest absolute Gasteiger partial charge is 0.331 e. The molecule has 0 bridgehead atoms. The maximum Gasteiger partial charge on any atom is 0.255 e. The summed E-state index contributed by atoms with van der Waals surface area (Å²) >= 11 is 0. The Kier molecular flexibility index (Phi) is 4.07. The average Bonchev–Trinajstić information content (AvgIpc) is 3.00. The van der Waals surface area contributed by atoms with Crippen LogP contribution in [0.3, 0.4) is 0 Å². The number of benzene rings is 1. The maximum absolute atomic E-state index is 13.0. The normalized spacial score (nSPS) is 16.4. The van der Waals surface area contributed by atoms with Crippen molar-refractivity contribution in [2.45, 2.75) is 33.2 Å². The fourth-order valence-corrected chi connectivity index (χ4v) is 3.71. The van der Waals surface area contributed by atoms with Gasteiger partial charge in [0, 0.05) is 18.4 Å². The van der Waals surface area contributed by atoms with Gasteiger partial charge in [0.1, 0.15) is 0 Å². The van der Waals surface area contributed by atoms with Crippen LogP contribution >= 0.6 is 0 Å².